The lowest BCUT2D eigenvalue weighted by molar-refractivity contribution is -0.0291. The molecule has 0 amide bonds. The molecule has 3 nitrogen and oxygen atoms in total. The smallest absolute Gasteiger partial charge is 0.0702 e. The van der Waals surface area contributed by atoms with Crippen LogP contribution in [-0.2, 0) is 4.74 Å². The molecule has 0 saturated carbocycles. The molecular weight excluding hydrogens is 200 g/mol. The highest BCUT2D eigenvalue weighted by Crippen LogP contribution is 2.30. The van der Waals surface area contributed by atoms with Crippen molar-refractivity contribution < 1.29 is 4.74 Å². The minimum Gasteiger partial charge on any atom is -0.377 e. The maximum atomic E-state index is 5.88. The average molecular weight is 224 g/mol. The second-order valence-electron chi connectivity index (χ2n) is 5.79. The lowest BCUT2D eigenvalue weighted by Crippen LogP contribution is -2.54. The molecule has 3 unspecified atom stereocenters. The van der Waals surface area contributed by atoms with Gasteiger partial charge in [-0.25, -0.2) is 0 Å². The summed E-state index contributed by atoms with van der Waals surface area (Å²) in [5.41, 5.74) is 0. The molecule has 0 spiro atoms. The quantitative estimate of drug-likeness (QED) is 0.704. The van der Waals surface area contributed by atoms with E-state index >= 15 is 0 Å². The molecule has 3 aliphatic rings. The fraction of sp³-hybridized carbons (Fsp3) is 1.00. The molecule has 0 aliphatic carbocycles. The van der Waals surface area contributed by atoms with Crippen LogP contribution in [0.15, 0.2) is 0 Å². The van der Waals surface area contributed by atoms with Crippen molar-refractivity contribution in [2.75, 3.05) is 33.3 Å². The molecule has 3 heteroatoms. The molecule has 16 heavy (non-hydrogen) atoms. The molecular formula is C13H24N2O. The Bertz CT molecular complexity index is 226. The highest BCUT2D eigenvalue weighted by molar-refractivity contribution is 4.95. The number of rotatable bonds is 2. The van der Waals surface area contributed by atoms with E-state index in [1.54, 1.807) is 0 Å². The minimum absolute atomic E-state index is 0.528. The first-order chi connectivity index (χ1) is 7.83. The zero-order valence-electron chi connectivity index (χ0n) is 10.4. The van der Waals surface area contributed by atoms with E-state index in [1.165, 1.54) is 51.7 Å². The van der Waals surface area contributed by atoms with Crippen LogP contribution >= 0.6 is 0 Å². The van der Waals surface area contributed by atoms with Crippen LogP contribution in [0.3, 0.4) is 0 Å². The normalized spacial score (nSPS) is 41.4. The average Bonchev–Trinajstić information content (AvgIpc) is 2.54. The van der Waals surface area contributed by atoms with Crippen LogP contribution in [0.4, 0.5) is 0 Å². The molecule has 92 valence electrons. The number of fused-ring (bicyclic) bond motifs is 2. The first-order valence-corrected chi connectivity index (χ1v) is 6.89. The van der Waals surface area contributed by atoms with E-state index in [9.17, 15) is 0 Å². The zero-order valence-corrected chi connectivity index (χ0v) is 10.4. The third kappa shape index (κ3) is 2.13. The van der Waals surface area contributed by atoms with Crippen LogP contribution in [0, 0.1) is 0 Å². The molecule has 0 N–H and O–H groups in total. The SMILES string of the molecule is CN1CC2CCC(C1)N2CC1CCCCO1. The summed E-state index contributed by atoms with van der Waals surface area (Å²) in [7, 11) is 2.26. The Hall–Kier alpha value is -0.120. The van der Waals surface area contributed by atoms with Crippen LogP contribution < -0.4 is 0 Å². The summed E-state index contributed by atoms with van der Waals surface area (Å²) in [6.45, 7) is 4.73. The van der Waals surface area contributed by atoms with E-state index in [-0.39, 0.29) is 0 Å². The summed E-state index contributed by atoms with van der Waals surface area (Å²) in [4.78, 5) is 5.25. The molecule has 0 aromatic carbocycles. The van der Waals surface area contributed by atoms with Crippen LogP contribution in [0.1, 0.15) is 32.1 Å². The van der Waals surface area contributed by atoms with Crippen LogP contribution in [0.5, 0.6) is 0 Å². The predicted molar refractivity (Wildman–Crippen MR) is 64.6 cm³/mol. The minimum atomic E-state index is 0.528. The molecule has 3 rings (SSSR count). The highest BCUT2D eigenvalue weighted by atomic mass is 16.5. The van der Waals surface area contributed by atoms with Gasteiger partial charge in [0.2, 0.25) is 0 Å². The van der Waals surface area contributed by atoms with Gasteiger partial charge in [-0.2, -0.15) is 0 Å². The van der Waals surface area contributed by atoms with Crippen molar-refractivity contribution in [3.8, 4) is 0 Å². The van der Waals surface area contributed by atoms with Gasteiger partial charge < -0.3 is 9.64 Å². The Balaban J connectivity index is 1.58. The number of hydrogen-bond donors (Lipinski definition) is 0. The largest absolute Gasteiger partial charge is 0.377 e. The van der Waals surface area contributed by atoms with Gasteiger partial charge in [0.1, 0.15) is 0 Å². The molecule has 3 heterocycles. The Morgan fingerprint density at radius 1 is 1.06 bits per heavy atom. The second-order valence-corrected chi connectivity index (χ2v) is 5.79. The third-order valence-corrected chi connectivity index (χ3v) is 4.50. The number of nitrogens with zero attached hydrogens (tertiary/aromatic N) is 2. The van der Waals surface area contributed by atoms with Crippen molar-refractivity contribution in [2.45, 2.75) is 50.3 Å². The van der Waals surface area contributed by atoms with Gasteiger partial charge in [0.25, 0.3) is 0 Å². The van der Waals surface area contributed by atoms with Crippen molar-refractivity contribution in [1.82, 2.24) is 9.80 Å². The number of hydrogen-bond acceptors (Lipinski definition) is 3. The van der Waals surface area contributed by atoms with Gasteiger partial charge in [0.15, 0.2) is 0 Å². The van der Waals surface area contributed by atoms with Crippen molar-refractivity contribution in [2.24, 2.45) is 0 Å². The van der Waals surface area contributed by atoms with Crippen molar-refractivity contribution in [1.29, 1.82) is 0 Å². The maximum absolute atomic E-state index is 5.88. The molecule has 3 aliphatic heterocycles. The van der Waals surface area contributed by atoms with Crippen LogP contribution in [-0.4, -0.2) is 61.3 Å². The third-order valence-electron chi connectivity index (χ3n) is 4.50. The van der Waals surface area contributed by atoms with E-state index in [2.05, 4.69) is 16.8 Å². The fourth-order valence-electron chi connectivity index (χ4n) is 3.69. The lowest BCUT2D eigenvalue weighted by atomic mass is 10.1. The Morgan fingerprint density at radius 2 is 1.81 bits per heavy atom. The topological polar surface area (TPSA) is 15.7 Å². The van der Waals surface area contributed by atoms with E-state index < -0.39 is 0 Å². The first kappa shape index (κ1) is 11.0. The van der Waals surface area contributed by atoms with E-state index in [0.717, 1.165) is 18.7 Å². The second kappa shape index (κ2) is 4.63. The summed E-state index contributed by atoms with van der Waals surface area (Å²) >= 11 is 0. The molecule has 0 radical (unpaired) electrons. The van der Waals surface area contributed by atoms with Gasteiger partial charge in [0, 0.05) is 38.3 Å². The van der Waals surface area contributed by atoms with E-state index in [1.807, 2.05) is 0 Å². The van der Waals surface area contributed by atoms with Gasteiger partial charge >= 0.3 is 0 Å². The fourth-order valence-corrected chi connectivity index (χ4v) is 3.69. The zero-order chi connectivity index (χ0) is 11.0. The molecule has 0 aromatic heterocycles. The summed E-state index contributed by atoms with van der Waals surface area (Å²) < 4.78 is 5.88. The molecule has 3 saturated heterocycles. The van der Waals surface area contributed by atoms with Gasteiger partial charge in [-0.1, -0.05) is 0 Å². The van der Waals surface area contributed by atoms with Gasteiger partial charge in [-0.3, -0.25) is 4.90 Å². The van der Waals surface area contributed by atoms with Crippen molar-refractivity contribution in [3.63, 3.8) is 0 Å². The summed E-state index contributed by atoms with van der Waals surface area (Å²) in [5.74, 6) is 0. The Kier molecular flexibility index (Phi) is 3.18. The number of ether oxygens (including phenoxy) is 1. The van der Waals surface area contributed by atoms with Gasteiger partial charge in [0.05, 0.1) is 6.10 Å². The van der Waals surface area contributed by atoms with E-state index in [4.69, 9.17) is 4.74 Å². The lowest BCUT2D eigenvalue weighted by Gasteiger charge is -2.41. The highest BCUT2D eigenvalue weighted by Gasteiger charge is 2.39. The molecule has 3 fully saturated rings. The van der Waals surface area contributed by atoms with Crippen LogP contribution in [0.25, 0.3) is 0 Å². The maximum Gasteiger partial charge on any atom is 0.0702 e. The standard InChI is InChI=1S/C13H24N2O/c1-14-8-11-5-6-12(9-14)15(11)10-13-4-2-3-7-16-13/h11-13H,2-10H2,1H3. The van der Waals surface area contributed by atoms with Crippen molar-refractivity contribution in [3.05, 3.63) is 0 Å². The Morgan fingerprint density at radius 3 is 2.44 bits per heavy atom. The number of piperazine rings is 1. The monoisotopic (exact) mass is 224 g/mol. The summed E-state index contributed by atoms with van der Waals surface area (Å²) in [6, 6.07) is 1.63. The number of likely N-dealkylation sites (tertiary alicyclic amines) is 1. The van der Waals surface area contributed by atoms with E-state index in [0.29, 0.717) is 6.10 Å². The first-order valence-electron chi connectivity index (χ1n) is 6.89. The summed E-state index contributed by atoms with van der Waals surface area (Å²) in [6.07, 6.45) is 7.26. The van der Waals surface area contributed by atoms with Crippen LogP contribution in [0.2, 0.25) is 0 Å². The molecule has 0 aromatic rings. The predicted octanol–water partition coefficient (Wildman–Crippen LogP) is 1.33. The van der Waals surface area contributed by atoms with Crippen molar-refractivity contribution >= 4 is 0 Å². The molecule has 2 bridgehead atoms. The summed E-state index contributed by atoms with van der Waals surface area (Å²) in [5, 5.41) is 0. The van der Waals surface area contributed by atoms with Gasteiger partial charge in [-0.15, -0.1) is 0 Å². The number of likely N-dealkylation sites (N-methyl/N-ethyl adjacent to an activating group) is 1. The molecule has 3 atom stereocenters. The Labute approximate surface area is 98.7 Å². The van der Waals surface area contributed by atoms with Gasteiger partial charge in [-0.05, 0) is 39.2 Å².